The zero-order valence-electron chi connectivity index (χ0n) is 19.9. The van der Waals surface area contributed by atoms with Gasteiger partial charge in [-0.3, -0.25) is 19.3 Å². The molecule has 1 unspecified atom stereocenters. The Hall–Kier alpha value is -3.25. The first kappa shape index (κ1) is 24.9. The molecule has 188 valence electrons. The first-order valence-corrected chi connectivity index (χ1v) is 11.1. The van der Waals surface area contributed by atoms with E-state index >= 15 is 0 Å². The van der Waals surface area contributed by atoms with Gasteiger partial charge in [0.05, 0.1) is 18.7 Å². The standard InChI is InChI=1S/C24H29N3O8/c1-26(2)18-13-8-11-7-12-10(9-27(3)35-4)5-6-14(28)16(12)19(29)15(11)21(31)24(13,34)22(32)17(20(18)30)23(25)33/h5-6,11,13,18,28,30-31,34H,7-9H2,1-4H3,(H2,25,33)/t11-,13-,18?,24-/m0/s1. The van der Waals surface area contributed by atoms with Crippen molar-refractivity contribution in [2.75, 3.05) is 28.3 Å². The van der Waals surface area contributed by atoms with Gasteiger partial charge >= 0.3 is 0 Å². The fraction of sp³-hybridized carbons (Fsp3) is 0.458. The molecule has 3 aliphatic rings. The number of primary amides is 1. The van der Waals surface area contributed by atoms with E-state index in [9.17, 15) is 34.8 Å². The Kier molecular flexibility index (Phi) is 6.00. The number of carbonyl (C=O) groups is 3. The van der Waals surface area contributed by atoms with Gasteiger partial charge in [0, 0.05) is 25.1 Å². The molecule has 0 saturated heterocycles. The second-order valence-electron chi connectivity index (χ2n) is 9.53. The highest BCUT2D eigenvalue weighted by molar-refractivity contribution is 6.24. The highest BCUT2D eigenvalue weighted by atomic mass is 16.7. The summed E-state index contributed by atoms with van der Waals surface area (Å²) in [7, 11) is 6.39. The van der Waals surface area contributed by atoms with Gasteiger partial charge in [0.15, 0.2) is 11.4 Å². The van der Waals surface area contributed by atoms with Gasteiger partial charge in [-0.1, -0.05) is 6.07 Å². The molecule has 11 heteroatoms. The van der Waals surface area contributed by atoms with Crippen LogP contribution in [0.3, 0.4) is 0 Å². The largest absolute Gasteiger partial charge is 0.510 e. The zero-order valence-corrected chi connectivity index (χ0v) is 19.9. The zero-order chi connectivity index (χ0) is 26.0. The number of amides is 1. The Bertz CT molecular complexity index is 1200. The lowest BCUT2D eigenvalue weighted by molar-refractivity contribution is -0.148. The summed E-state index contributed by atoms with van der Waals surface area (Å²) in [5.41, 5.74) is 2.96. The van der Waals surface area contributed by atoms with Crippen molar-refractivity contribution in [3.05, 3.63) is 51.5 Å². The van der Waals surface area contributed by atoms with Crippen molar-refractivity contribution in [3.63, 3.8) is 0 Å². The van der Waals surface area contributed by atoms with Gasteiger partial charge < -0.3 is 31.0 Å². The van der Waals surface area contributed by atoms with Crippen LogP contribution in [-0.2, 0) is 27.4 Å². The molecule has 3 aliphatic carbocycles. The summed E-state index contributed by atoms with van der Waals surface area (Å²) in [6, 6.07) is 2.03. The van der Waals surface area contributed by atoms with Gasteiger partial charge in [-0.25, -0.2) is 0 Å². The van der Waals surface area contributed by atoms with E-state index in [0.29, 0.717) is 12.1 Å². The molecule has 1 aromatic carbocycles. The molecular weight excluding hydrogens is 458 g/mol. The van der Waals surface area contributed by atoms with Crippen molar-refractivity contribution in [3.8, 4) is 5.75 Å². The van der Waals surface area contributed by atoms with E-state index in [1.54, 1.807) is 32.3 Å². The van der Waals surface area contributed by atoms with Crippen molar-refractivity contribution < 1.29 is 39.6 Å². The first-order valence-electron chi connectivity index (χ1n) is 11.1. The number of hydrogen-bond acceptors (Lipinski definition) is 10. The Morgan fingerprint density at radius 1 is 1.20 bits per heavy atom. The quantitative estimate of drug-likeness (QED) is 0.283. The third-order valence-corrected chi connectivity index (χ3v) is 7.41. The van der Waals surface area contributed by atoms with Crippen LogP contribution in [0.15, 0.2) is 34.8 Å². The monoisotopic (exact) mass is 487 g/mol. The van der Waals surface area contributed by atoms with Crippen molar-refractivity contribution in [2.24, 2.45) is 17.6 Å². The molecule has 0 fully saturated rings. The molecule has 0 heterocycles. The van der Waals surface area contributed by atoms with Gasteiger partial charge in [-0.05, 0) is 50.0 Å². The van der Waals surface area contributed by atoms with Crippen LogP contribution in [0.4, 0.5) is 0 Å². The maximum Gasteiger partial charge on any atom is 0.255 e. The topological polar surface area (TPSA) is 174 Å². The van der Waals surface area contributed by atoms with Gasteiger partial charge in [0.25, 0.3) is 5.91 Å². The normalized spacial score (nSPS) is 28.4. The van der Waals surface area contributed by atoms with Crippen LogP contribution in [0.5, 0.6) is 5.75 Å². The predicted octanol–water partition coefficient (Wildman–Crippen LogP) is 0.114. The number of aliphatic hydroxyl groups is 3. The maximum absolute atomic E-state index is 13.6. The number of carbonyl (C=O) groups excluding carboxylic acids is 3. The van der Waals surface area contributed by atoms with E-state index in [-0.39, 0.29) is 29.7 Å². The van der Waals surface area contributed by atoms with E-state index < -0.39 is 58.0 Å². The number of aliphatic hydroxyl groups excluding tert-OH is 2. The molecule has 0 spiro atoms. The number of nitrogens with zero attached hydrogens (tertiary/aromatic N) is 2. The number of hydrogen-bond donors (Lipinski definition) is 5. The average Bonchev–Trinajstić information content (AvgIpc) is 2.77. The third kappa shape index (κ3) is 3.46. The number of Topliss-reactive ketones (excluding diaryl/α,β-unsaturated/α-hetero) is 2. The Morgan fingerprint density at radius 3 is 2.43 bits per heavy atom. The third-order valence-electron chi connectivity index (χ3n) is 7.41. The molecule has 0 aliphatic heterocycles. The van der Waals surface area contributed by atoms with Crippen LogP contribution in [0.1, 0.15) is 27.9 Å². The number of aromatic hydroxyl groups is 1. The van der Waals surface area contributed by atoms with Gasteiger partial charge in [0.2, 0.25) is 5.78 Å². The van der Waals surface area contributed by atoms with Gasteiger partial charge in [-0.15, -0.1) is 0 Å². The second-order valence-corrected chi connectivity index (χ2v) is 9.53. The van der Waals surface area contributed by atoms with Crippen molar-refractivity contribution in [2.45, 2.75) is 31.0 Å². The number of benzene rings is 1. The van der Waals surface area contributed by atoms with Crippen LogP contribution in [0, 0.1) is 11.8 Å². The molecule has 0 radical (unpaired) electrons. The predicted molar refractivity (Wildman–Crippen MR) is 122 cm³/mol. The molecule has 1 aromatic rings. The molecule has 4 rings (SSSR count). The van der Waals surface area contributed by atoms with Crippen molar-refractivity contribution >= 4 is 17.5 Å². The number of likely N-dealkylation sites (N-methyl/N-ethyl adjacent to an activating group) is 1. The second kappa shape index (κ2) is 8.45. The smallest absolute Gasteiger partial charge is 0.255 e. The molecule has 0 saturated carbocycles. The molecule has 11 nitrogen and oxygen atoms in total. The van der Waals surface area contributed by atoms with Crippen molar-refractivity contribution in [1.82, 2.24) is 9.96 Å². The van der Waals surface area contributed by atoms with E-state index in [2.05, 4.69) is 0 Å². The van der Waals surface area contributed by atoms with Crippen LogP contribution >= 0.6 is 0 Å². The summed E-state index contributed by atoms with van der Waals surface area (Å²) in [5, 5.41) is 45.7. The molecular formula is C24H29N3O8. The van der Waals surface area contributed by atoms with Crippen LogP contribution in [-0.4, -0.2) is 87.8 Å². The van der Waals surface area contributed by atoms with Crippen LogP contribution in [0.2, 0.25) is 0 Å². The highest BCUT2D eigenvalue weighted by Crippen LogP contribution is 2.52. The fourth-order valence-corrected chi connectivity index (χ4v) is 5.77. The molecule has 0 aromatic heterocycles. The first-order chi connectivity index (χ1) is 16.4. The molecule has 35 heavy (non-hydrogen) atoms. The summed E-state index contributed by atoms with van der Waals surface area (Å²) in [6.07, 6.45) is 0.275. The lowest BCUT2D eigenvalue weighted by Crippen LogP contribution is -2.63. The number of rotatable bonds is 5. The number of phenols is 1. The number of fused-ring (bicyclic) bond motifs is 3. The highest BCUT2D eigenvalue weighted by Gasteiger charge is 2.63. The molecule has 1 amide bonds. The number of ketones is 2. The summed E-state index contributed by atoms with van der Waals surface area (Å²) in [6.45, 7) is 0.321. The summed E-state index contributed by atoms with van der Waals surface area (Å²) < 4.78 is 0. The lowest BCUT2D eigenvalue weighted by Gasteiger charge is -2.50. The summed E-state index contributed by atoms with van der Waals surface area (Å²) in [5.74, 6) is -6.67. The minimum Gasteiger partial charge on any atom is -0.510 e. The number of nitrogens with two attached hydrogens (primary N) is 1. The SMILES string of the molecule is CON(C)Cc1ccc(O)c2c1C[C@H]1C[C@H]3C(N(C)C)C(O)=C(C(N)=O)C(=O)[C@@]3(O)C(O)=C1C2=O. The van der Waals surface area contributed by atoms with E-state index in [1.807, 2.05) is 0 Å². The van der Waals surface area contributed by atoms with Gasteiger partial charge in [0.1, 0.15) is 22.8 Å². The minimum atomic E-state index is -2.64. The minimum absolute atomic E-state index is 0.0206. The maximum atomic E-state index is 13.6. The van der Waals surface area contributed by atoms with Gasteiger partial charge in [-0.2, -0.15) is 5.06 Å². The summed E-state index contributed by atoms with van der Waals surface area (Å²) in [4.78, 5) is 45.6. The van der Waals surface area contributed by atoms with Crippen LogP contribution < -0.4 is 5.73 Å². The molecule has 6 N–H and O–H groups in total. The number of hydroxylamine groups is 2. The Balaban J connectivity index is 1.92. The Morgan fingerprint density at radius 2 is 1.86 bits per heavy atom. The lowest BCUT2D eigenvalue weighted by atomic mass is 9.58. The Labute approximate surface area is 201 Å². The van der Waals surface area contributed by atoms with E-state index in [0.717, 1.165) is 5.56 Å². The average molecular weight is 488 g/mol. The fourth-order valence-electron chi connectivity index (χ4n) is 5.77. The number of phenolic OH excluding ortho intramolecular Hbond substituents is 1. The molecule has 0 bridgehead atoms. The summed E-state index contributed by atoms with van der Waals surface area (Å²) >= 11 is 0. The van der Waals surface area contributed by atoms with E-state index in [4.69, 9.17) is 10.6 Å². The van der Waals surface area contributed by atoms with Crippen LogP contribution in [0.25, 0.3) is 0 Å². The molecule has 4 atom stereocenters. The van der Waals surface area contributed by atoms with E-state index in [1.165, 1.54) is 18.1 Å². The van der Waals surface area contributed by atoms with Crippen molar-refractivity contribution in [1.29, 1.82) is 0 Å². The number of allylic oxidation sites excluding steroid dienone is 1.